The first-order valence-electron chi connectivity index (χ1n) is 8.20. The third-order valence-electron chi connectivity index (χ3n) is 4.34. The van der Waals surface area contributed by atoms with Gasteiger partial charge in [-0.05, 0) is 31.8 Å². The summed E-state index contributed by atoms with van der Waals surface area (Å²) in [4.78, 5) is 2.40. The van der Waals surface area contributed by atoms with Crippen LogP contribution in [0, 0.1) is 5.92 Å². The Morgan fingerprint density at radius 1 is 0.944 bits per heavy atom. The summed E-state index contributed by atoms with van der Waals surface area (Å²) in [6, 6.07) is 0. The number of piperidine rings is 1. The molecule has 108 valence electrons. The van der Waals surface area contributed by atoms with E-state index in [0.717, 1.165) is 12.5 Å². The largest absolute Gasteiger partial charge is 0.395 e. The van der Waals surface area contributed by atoms with Crippen molar-refractivity contribution in [3.8, 4) is 0 Å². The molecule has 2 nitrogen and oxygen atoms in total. The zero-order valence-corrected chi connectivity index (χ0v) is 12.4. The van der Waals surface area contributed by atoms with E-state index in [4.69, 9.17) is 5.11 Å². The van der Waals surface area contributed by atoms with Gasteiger partial charge in [0.2, 0.25) is 0 Å². The Balaban J connectivity index is 1.88. The van der Waals surface area contributed by atoms with E-state index in [9.17, 15) is 0 Å². The van der Waals surface area contributed by atoms with E-state index in [1.807, 2.05) is 0 Å². The summed E-state index contributed by atoms with van der Waals surface area (Å²) in [7, 11) is 0. The first-order valence-corrected chi connectivity index (χ1v) is 8.20. The second-order valence-electron chi connectivity index (χ2n) is 5.92. The van der Waals surface area contributed by atoms with Crippen LogP contribution >= 0.6 is 0 Å². The molecule has 1 fully saturated rings. The van der Waals surface area contributed by atoms with Gasteiger partial charge < -0.3 is 10.0 Å². The third kappa shape index (κ3) is 7.38. The molecule has 18 heavy (non-hydrogen) atoms. The van der Waals surface area contributed by atoms with Crippen molar-refractivity contribution < 1.29 is 5.11 Å². The van der Waals surface area contributed by atoms with Crippen molar-refractivity contribution in [1.82, 2.24) is 4.90 Å². The zero-order valence-electron chi connectivity index (χ0n) is 12.4. The van der Waals surface area contributed by atoms with Crippen molar-refractivity contribution in [1.29, 1.82) is 0 Å². The molecule has 0 aromatic heterocycles. The molecule has 0 saturated carbocycles. The van der Waals surface area contributed by atoms with Crippen molar-refractivity contribution >= 4 is 0 Å². The Morgan fingerprint density at radius 2 is 1.56 bits per heavy atom. The number of unbranched alkanes of at least 4 members (excludes halogenated alkanes) is 6. The van der Waals surface area contributed by atoms with Gasteiger partial charge in [0.05, 0.1) is 6.61 Å². The highest BCUT2D eigenvalue weighted by Crippen LogP contribution is 2.23. The lowest BCUT2D eigenvalue weighted by Crippen LogP contribution is -2.35. The van der Waals surface area contributed by atoms with Crippen molar-refractivity contribution in [2.45, 2.75) is 71.1 Å². The highest BCUT2D eigenvalue weighted by atomic mass is 16.3. The maximum atomic E-state index is 8.90. The van der Waals surface area contributed by atoms with Crippen molar-refractivity contribution in [3.63, 3.8) is 0 Å². The van der Waals surface area contributed by atoms with Crippen LogP contribution in [0.2, 0.25) is 0 Å². The molecule has 1 heterocycles. The van der Waals surface area contributed by atoms with Gasteiger partial charge in [-0.15, -0.1) is 0 Å². The van der Waals surface area contributed by atoms with Crippen LogP contribution in [0.3, 0.4) is 0 Å². The van der Waals surface area contributed by atoms with Gasteiger partial charge in [-0.2, -0.15) is 0 Å². The normalized spacial score (nSPS) is 18.3. The average Bonchev–Trinajstić information content (AvgIpc) is 2.40. The van der Waals surface area contributed by atoms with E-state index in [1.165, 1.54) is 77.3 Å². The Kier molecular flexibility index (Phi) is 9.59. The quantitative estimate of drug-likeness (QED) is 0.600. The molecule has 1 aliphatic rings. The standard InChI is InChI=1S/C16H33NO/c1-2-3-4-5-6-7-8-9-16-10-12-17(13-11-16)14-15-18/h16,18H,2-15H2,1H3. The molecule has 0 atom stereocenters. The lowest BCUT2D eigenvalue weighted by atomic mass is 9.91. The van der Waals surface area contributed by atoms with Crippen LogP contribution in [-0.4, -0.2) is 36.2 Å². The first kappa shape index (κ1) is 16.0. The van der Waals surface area contributed by atoms with Gasteiger partial charge in [-0.3, -0.25) is 0 Å². The molecular formula is C16H33NO. The van der Waals surface area contributed by atoms with Crippen LogP contribution in [0.1, 0.15) is 71.1 Å². The Hall–Kier alpha value is -0.0800. The lowest BCUT2D eigenvalue weighted by molar-refractivity contribution is 0.143. The van der Waals surface area contributed by atoms with Gasteiger partial charge >= 0.3 is 0 Å². The number of rotatable bonds is 10. The summed E-state index contributed by atoms with van der Waals surface area (Å²) in [5.74, 6) is 0.968. The van der Waals surface area contributed by atoms with Crippen LogP contribution < -0.4 is 0 Å². The highest BCUT2D eigenvalue weighted by Gasteiger charge is 2.17. The van der Waals surface area contributed by atoms with Crippen LogP contribution in [0.15, 0.2) is 0 Å². The van der Waals surface area contributed by atoms with E-state index in [1.54, 1.807) is 0 Å². The van der Waals surface area contributed by atoms with Gasteiger partial charge in [0.1, 0.15) is 0 Å². The predicted octanol–water partition coefficient (Wildman–Crippen LogP) is 3.83. The maximum absolute atomic E-state index is 8.90. The minimum absolute atomic E-state index is 0.322. The van der Waals surface area contributed by atoms with Crippen molar-refractivity contribution in [2.75, 3.05) is 26.2 Å². The second-order valence-corrected chi connectivity index (χ2v) is 5.92. The Labute approximate surface area is 114 Å². The summed E-state index contributed by atoms with van der Waals surface area (Å²) in [6.45, 7) is 5.90. The van der Waals surface area contributed by atoms with Gasteiger partial charge in [0.25, 0.3) is 0 Å². The average molecular weight is 255 g/mol. The number of nitrogens with zero attached hydrogens (tertiary/aromatic N) is 1. The Morgan fingerprint density at radius 3 is 2.17 bits per heavy atom. The lowest BCUT2D eigenvalue weighted by Gasteiger charge is -2.31. The third-order valence-corrected chi connectivity index (χ3v) is 4.34. The molecule has 0 bridgehead atoms. The fourth-order valence-electron chi connectivity index (χ4n) is 3.03. The van der Waals surface area contributed by atoms with E-state index in [2.05, 4.69) is 11.8 Å². The molecule has 1 saturated heterocycles. The monoisotopic (exact) mass is 255 g/mol. The number of hydrogen-bond donors (Lipinski definition) is 1. The molecule has 0 radical (unpaired) electrons. The predicted molar refractivity (Wildman–Crippen MR) is 78.9 cm³/mol. The van der Waals surface area contributed by atoms with Gasteiger partial charge in [0, 0.05) is 6.54 Å². The fraction of sp³-hybridized carbons (Fsp3) is 1.00. The molecule has 0 amide bonds. The second kappa shape index (κ2) is 10.8. The van der Waals surface area contributed by atoms with Crippen molar-refractivity contribution in [3.05, 3.63) is 0 Å². The fourth-order valence-corrected chi connectivity index (χ4v) is 3.03. The minimum Gasteiger partial charge on any atom is -0.395 e. The van der Waals surface area contributed by atoms with Gasteiger partial charge in [-0.1, -0.05) is 58.3 Å². The summed E-state index contributed by atoms with van der Waals surface area (Å²) < 4.78 is 0. The van der Waals surface area contributed by atoms with Crippen molar-refractivity contribution in [2.24, 2.45) is 5.92 Å². The smallest absolute Gasteiger partial charge is 0.0558 e. The molecule has 1 rings (SSSR count). The molecular weight excluding hydrogens is 222 g/mol. The summed E-state index contributed by atoms with van der Waals surface area (Å²) in [5, 5.41) is 8.90. The summed E-state index contributed by atoms with van der Waals surface area (Å²) >= 11 is 0. The molecule has 2 heteroatoms. The highest BCUT2D eigenvalue weighted by molar-refractivity contribution is 4.72. The molecule has 0 unspecified atom stereocenters. The molecule has 0 aliphatic carbocycles. The van der Waals surface area contributed by atoms with E-state index < -0.39 is 0 Å². The first-order chi connectivity index (χ1) is 8.86. The summed E-state index contributed by atoms with van der Waals surface area (Å²) in [5.41, 5.74) is 0. The molecule has 0 spiro atoms. The van der Waals surface area contributed by atoms with E-state index in [-0.39, 0.29) is 0 Å². The maximum Gasteiger partial charge on any atom is 0.0558 e. The van der Waals surface area contributed by atoms with Crippen LogP contribution in [0.5, 0.6) is 0 Å². The SMILES string of the molecule is CCCCCCCCCC1CCN(CCO)CC1. The van der Waals surface area contributed by atoms with Crippen LogP contribution in [0.4, 0.5) is 0 Å². The number of aliphatic hydroxyl groups is 1. The number of aliphatic hydroxyl groups excluding tert-OH is 1. The van der Waals surface area contributed by atoms with Gasteiger partial charge in [-0.25, -0.2) is 0 Å². The molecule has 1 aliphatic heterocycles. The number of hydrogen-bond acceptors (Lipinski definition) is 2. The molecule has 0 aromatic carbocycles. The van der Waals surface area contributed by atoms with E-state index in [0.29, 0.717) is 6.61 Å². The van der Waals surface area contributed by atoms with Crippen LogP contribution in [-0.2, 0) is 0 Å². The van der Waals surface area contributed by atoms with E-state index >= 15 is 0 Å². The number of β-amino-alcohol motifs (C(OH)–C–C–N with tert-alkyl or cyclic N) is 1. The zero-order chi connectivity index (χ0) is 13.1. The topological polar surface area (TPSA) is 23.5 Å². The van der Waals surface area contributed by atoms with Gasteiger partial charge in [0.15, 0.2) is 0 Å². The van der Waals surface area contributed by atoms with Crippen LogP contribution in [0.25, 0.3) is 0 Å². The summed E-state index contributed by atoms with van der Waals surface area (Å²) in [6.07, 6.45) is 14.2. The molecule has 0 aromatic rings. The minimum atomic E-state index is 0.322. The molecule has 1 N–H and O–H groups in total. The Bertz CT molecular complexity index is 176. The number of likely N-dealkylation sites (tertiary alicyclic amines) is 1.